The molecule has 6 heteroatoms. The minimum Gasteiger partial charge on any atom is -0.434 e. The smallest absolute Gasteiger partial charge is 0.387 e. The zero-order valence-electron chi connectivity index (χ0n) is 11.4. The number of para-hydroxylation sites is 1. The quantitative estimate of drug-likeness (QED) is 0.937. The molecule has 1 aromatic heterocycles. The van der Waals surface area contributed by atoms with Crippen LogP contribution in [0, 0.1) is 0 Å². The molecule has 0 aliphatic heterocycles. The van der Waals surface area contributed by atoms with Gasteiger partial charge in [-0.15, -0.1) is 11.3 Å². The second kappa shape index (κ2) is 6.07. The number of alkyl halides is 2. The number of nitrogens with two attached hydrogens (primary N) is 1. The molecule has 1 heterocycles. The van der Waals surface area contributed by atoms with Crippen LogP contribution in [-0.2, 0) is 12.8 Å². The van der Waals surface area contributed by atoms with Gasteiger partial charge in [-0.3, -0.25) is 0 Å². The highest BCUT2D eigenvalue weighted by Crippen LogP contribution is 2.34. The molecule has 0 fully saturated rings. The fourth-order valence-corrected chi connectivity index (χ4v) is 3.75. The summed E-state index contributed by atoms with van der Waals surface area (Å²) in [4.78, 5) is 5.87. The molecule has 1 aromatic carbocycles. The summed E-state index contributed by atoms with van der Waals surface area (Å²) < 4.78 is 29.5. The Balaban J connectivity index is 1.91. The Labute approximate surface area is 125 Å². The van der Waals surface area contributed by atoms with E-state index >= 15 is 0 Å². The van der Waals surface area contributed by atoms with Crippen LogP contribution in [0.4, 0.5) is 8.78 Å². The molecular formula is C15H16F2N2OS. The van der Waals surface area contributed by atoms with Crippen LogP contribution >= 0.6 is 11.3 Å². The van der Waals surface area contributed by atoms with Gasteiger partial charge < -0.3 is 10.5 Å². The van der Waals surface area contributed by atoms with Gasteiger partial charge in [0.2, 0.25) is 0 Å². The molecule has 0 bridgehead atoms. The number of hydrogen-bond acceptors (Lipinski definition) is 4. The highest BCUT2D eigenvalue weighted by Gasteiger charge is 2.22. The fourth-order valence-electron chi connectivity index (χ4n) is 2.58. The van der Waals surface area contributed by atoms with Crippen LogP contribution in [0.1, 0.15) is 40.0 Å². The maximum Gasteiger partial charge on any atom is 0.387 e. The molecule has 1 unspecified atom stereocenters. The van der Waals surface area contributed by atoms with Crippen molar-refractivity contribution in [2.24, 2.45) is 5.73 Å². The van der Waals surface area contributed by atoms with Crippen LogP contribution in [0.3, 0.4) is 0 Å². The Kier molecular flexibility index (Phi) is 4.17. The lowest BCUT2D eigenvalue weighted by Crippen LogP contribution is -2.14. The van der Waals surface area contributed by atoms with Gasteiger partial charge in [-0.1, -0.05) is 18.2 Å². The predicted molar refractivity (Wildman–Crippen MR) is 77.9 cm³/mol. The number of halogens is 2. The standard InChI is InChI=1S/C15H16F2N2OS/c16-15(17)20-11-7-3-1-5-9(11)13(18)14-19-10-6-2-4-8-12(10)21-14/h1,3,5,7,13,15H,2,4,6,8,18H2. The number of aromatic nitrogens is 1. The third-order valence-corrected chi connectivity index (χ3v) is 4.84. The average Bonchev–Trinajstić information content (AvgIpc) is 2.90. The number of fused-ring (bicyclic) bond motifs is 1. The van der Waals surface area contributed by atoms with E-state index in [1.165, 1.54) is 17.4 Å². The van der Waals surface area contributed by atoms with Gasteiger partial charge in [-0.05, 0) is 31.7 Å². The normalized spacial score (nSPS) is 15.8. The molecule has 2 N–H and O–H groups in total. The number of benzene rings is 1. The molecule has 0 saturated carbocycles. The molecule has 0 spiro atoms. The summed E-state index contributed by atoms with van der Waals surface area (Å²) in [7, 11) is 0. The first-order chi connectivity index (χ1) is 10.1. The van der Waals surface area contributed by atoms with Crippen molar-refractivity contribution in [2.45, 2.75) is 38.3 Å². The van der Waals surface area contributed by atoms with Gasteiger partial charge >= 0.3 is 6.61 Å². The minimum atomic E-state index is -2.86. The molecule has 1 aliphatic carbocycles. The van der Waals surface area contributed by atoms with E-state index in [-0.39, 0.29) is 5.75 Å². The Morgan fingerprint density at radius 2 is 1.95 bits per heavy atom. The summed E-state index contributed by atoms with van der Waals surface area (Å²) >= 11 is 1.59. The maximum absolute atomic E-state index is 12.5. The largest absolute Gasteiger partial charge is 0.434 e. The van der Waals surface area contributed by atoms with Crippen LogP contribution in [0.25, 0.3) is 0 Å². The first-order valence-corrected chi connectivity index (χ1v) is 7.74. The molecule has 0 saturated heterocycles. The van der Waals surface area contributed by atoms with Crippen molar-refractivity contribution in [2.75, 3.05) is 0 Å². The maximum atomic E-state index is 12.5. The van der Waals surface area contributed by atoms with Crippen molar-refractivity contribution in [1.82, 2.24) is 4.98 Å². The summed E-state index contributed by atoms with van der Waals surface area (Å²) in [6.07, 6.45) is 4.34. The molecule has 21 heavy (non-hydrogen) atoms. The second-order valence-electron chi connectivity index (χ2n) is 5.02. The van der Waals surface area contributed by atoms with Crippen LogP contribution in [-0.4, -0.2) is 11.6 Å². The van der Waals surface area contributed by atoms with Crippen LogP contribution < -0.4 is 10.5 Å². The van der Waals surface area contributed by atoms with Gasteiger partial charge in [0.25, 0.3) is 0 Å². The van der Waals surface area contributed by atoms with Gasteiger partial charge in [-0.2, -0.15) is 8.78 Å². The van der Waals surface area contributed by atoms with Crippen molar-refractivity contribution >= 4 is 11.3 Å². The SMILES string of the molecule is NC(c1nc2c(s1)CCCC2)c1ccccc1OC(F)F. The number of rotatable bonds is 4. The van der Waals surface area contributed by atoms with Crippen molar-refractivity contribution in [3.63, 3.8) is 0 Å². The second-order valence-corrected chi connectivity index (χ2v) is 6.14. The molecular weight excluding hydrogens is 294 g/mol. The first kappa shape index (κ1) is 14.4. The van der Waals surface area contributed by atoms with E-state index in [2.05, 4.69) is 9.72 Å². The third kappa shape index (κ3) is 3.06. The topological polar surface area (TPSA) is 48.1 Å². The number of thiazole rings is 1. The predicted octanol–water partition coefficient (Wildman–Crippen LogP) is 3.67. The molecule has 3 nitrogen and oxygen atoms in total. The van der Waals surface area contributed by atoms with Gasteiger partial charge in [0, 0.05) is 10.4 Å². The number of nitrogens with zero attached hydrogens (tertiary/aromatic N) is 1. The van der Waals surface area contributed by atoms with Crippen LogP contribution in [0.15, 0.2) is 24.3 Å². The van der Waals surface area contributed by atoms with E-state index in [0.29, 0.717) is 5.56 Å². The molecule has 0 radical (unpaired) electrons. The summed E-state index contributed by atoms with van der Waals surface area (Å²) in [6, 6.07) is 6.11. The van der Waals surface area contributed by atoms with E-state index in [1.54, 1.807) is 29.5 Å². The first-order valence-electron chi connectivity index (χ1n) is 6.93. The summed E-state index contributed by atoms with van der Waals surface area (Å²) in [6.45, 7) is -2.86. The van der Waals surface area contributed by atoms with E-state index < -0.39 is 12.7 Å². The lowest BCUT2D eigenvalue weighted by Gasteiger charge is -2.14. The zero-order valence-corrected chi connectivity index (χ0v) is 12.2. The highest BCUT2D eigenvalue weighted by molar-refractivity contribution is 7.11. The van der Waals surface area contributed by atoms with Crippen LogP contribution in [0.5, 0.6) is 5.75 Å². The van der Waals surface area contributed by atoms with E-state index in [4.69, 9.17) is 5.73 Å². The summed E-state index contributed by atoms with van der Waals surface area (Å²) in [5.41, 5.74) is 7.89. The zero-order chi connectivity index (χ0) is 14.8. The van der Waals surface area contributed by atoms with Crippen molar-refractivity contribution < 1.29 is 13.5 Å². The Hall–Kier alpha value is -1.53. The molecule has 3 rings (SSSR count). The molecule has 1 atom stereocenters. The van der Waals surface area contributed by atoms with Gasteiger partial charge in [0.15, 0.2) is 0 Å². The molecule has 112 valence electrons. The van der Waals surface area contributed by atoms with Gasteiger partial charge in [-0.25, -0.2) is 4.98 Å². The van der Waals surface area contributed by atoms with Crippen LogP contribution in [0.2, 0.25) is 0 Å². The third-order valence-electron chi connectivity index (χ3n) is 3.60. The van der Waals surface area contributed by atoms with E-state index in [0.717, 1.165) is 30.0 Å². The Morgan fingerprint density at radius 1 is 1.19 bits per heavy atom. The van der Waals surface area contributed by atoms with E-state index in [9.17, 15) is 8.78 Å². The molecule has 2 aromatic rings. The summed E-state index contributed by atoms with van der Waals surface area (Å²) in [5, 5.41) is 0.771. The lowest BCUT2D eigenvalue weighted by atomic mass is 10.0. The van der Waals surface area contributed by atoms with Crippen molar-refractivity contribution in [1.29, 1.82) is 0 Å². The minimum absolute atomic E-state index is 0.119. The van der Waals surface area contributed by atoms with Crippen molar-refractivity contribution in [3.05, 3.63) is 45.4 Å². The fraction of sp³-hybridized carbons (Fsp3) is 0.400. The van der Waals surface area contributed by atoms with E-state index in [1.807, 2.05) is 0 Å². The Morgan fingerprint density at radius 3 is 2.71 bits per heavy atom. The Bertz CT molecular complexity index is 606. The number of hydrogen-bond donors (Lipinski definition) is 1. The average molecular weight is 310 g/mol. The highest BCUT2D eigenvalue weighted by atomic mass is 32.1. The number of ether oxygens (including phenoxy) is 1. The number of aryl methyl sites for hydroxylation is 2. The lowest BCUT2D eigenvalue weighted by molar-refractivity contribution is -0.0505. The van der Waals surface area contributed by atoms with Crippen molar-refractivity contribution in [3.8, 4) is 5.75 Å². The molecule has 0 amide bonds. The molecule has 1 aliphatic rings. The van der Waals surface area contributed by atoms with Gasteiger partial charge in [0.05, 0.1) is 11.7 Å². The van der Waals surface area contributed by atoms with Gasteiger partial charge in [0.1, 0.15) is 10.8 Å². The monoisotopic (exact) mass is 310 g/mol. The summed E-state index contributed by atoms with van der Waals surface area (Å²) in [5.74, 6) is 0.119.